The molecular weight excluding hydrogens is 417 g/mol. The zero-order valence-electron chi connectivity index (χ0n) is 18.6. The Hall–Kier alpha value is -3.84. The minimum absolute atomic E-state index is 0.243. The van der Waals surface area contributed by atoms with Crippen molar-refractivity contribution in [3.8, 4) is 22.4 Å². The Labute approximate surface area is 192 Å². The highest BCUT2D eigenvalue weighted by molar-refractivity contribution is 5.80. The van der Waals surface area contributed by atoms with Crippen molar-refractivity contribution in [2.45, 2.75) is 18.9 Å². The molecule has 2 aromatic carbocycles. The second-order valence-corrected chi connectivity index (χ2v) is 8.44. The predicted molar refractivity (Wildman–Crippen MR) is 129 cm³/mol. The molecule has 33 heavy (non-hydrogen) atoms. The van der Waals surface area contributed by atoms with Crippen molar-refractivity contribution < 1.29 is 4.39 Å². The number of pyridine rings is 1. The van der Waals surface area contributed by atoms with Crippen LogP contribution in [0, 0.1) is 5.82 Å². The van der Waals surface area contributed by atoms with Crippen molar-refractivity contribution in [2.75, 3.05) is 11.9 Å². The van der Waals surface area contributed by atoms with E-state index in [1.54, 1.807) is 43.7 Å². The van der Waals surface area contributed by atoms with Gasteiger partial charge in [-0.2, -0.15) is 0 Å². The Bertz CT molecular complexity index is 1290. The maximum atomic E-state index is 13.5. The molecule has 0 bridgehead atoms. The van der Waals surface area contributed by atoms with E-state index in [0.717, 1.165) is 11.1 Å². The summed E-state index contributed by atoms with van der Waals surface area (Å²) in [6, 6.07) is 19.4. The van der Waals surface area contributed by atoms with Crippen molar-refractivity contribution in [1.82, 2.24) is 14.5 Å². The molecule has 0 amide bonds. The smallest absolute Gasteiger partial charge is 0.263 e. The van der Waals surface area contributed by atoms with Crippen molar-refractivity contribution in [2.24, 2.45) is 12.8 Å². The lowest BCUT2D eigenvalue weighted by Gasteiger charge is -2.26. The summed E-state index contributed by atoms with van der Waals surface area (Å²) < 4.78 is 15.0. The molecule has 1 unspecified atom stereocenters. The number of nitrogens with two attached hydrogens (primary N) is 1. The monoisotopic (exact) mass is 443 g/mol. The van der Waals surface area contributed by atoms with Crippen molar-refractivity contribution in [3.05, 3.63) is 101 Å². The number of aromatic nitrogens is 3. The molecule has 0 aliphatic heterocycles. The molecule has 7 heteroatoms. The van der Waals surface area contributed by atoms with Crippen LogP contribution in [0.2, 0.25) is 0 Å². The molecule has 6 nitrogen and oxygen atoms in total. The van der Waals surface area contributed by atoms with Gasteiger partial charge in [0.2, 0.25) is 5.95 Å². The minimum atomic E-state index is -0.564. The minimum Gasteiger partial charge on any atom is -0.354 e. The van der Waals surface area contributed by atoms with E-state index in [0.29, 0.717) is 35.7 Å². The summed E-state index contributed by atoms with van der Waals surface area (Å²) in [4.78, 5) is 22.3. The van der Waals surface area contributed by atoms with Gasteiger partial charge in [-0.05, 0) is 48.7 Å². The normalized spacial score (nSPS) is 12.8. The van der Waals surface area contributed by atoms with Crippen LogP contribution in [0.5, 0.6) is 0 Å². The standard InChI is InChI=1S/C26H26FN5O/c1-26(28,16-18-6-4-3-5-7-18)17-30-25-31-23(20-12-14-29-15-13-20)22(24(33)32(25)2)19-8-10-21(27)11-9-19/h3-15H,16-17,28H2,1-2H3,(H,30,31). The SMILES string of the molecule is Cn1c(NCC(C)(N)Cc2ccccc2)nc(-c2ccncc2)c(-c2ccc(F)cc2)c1=O. The van der Waals surface area contributed by atoms with Crippen LogP contribution in [-0.2, 0) is 13.5 Å². The molecule has 2 heterocycles. The van der Waals surface area contributed by atoms with Crippen molar-refractivity contribution in [3.63, 3.8) is 0 Å². The molecule has 168 valence electrons. The van der Waals surface area contributed by atoms with Crippen LogP contribution in [0.3, 0.4) is 0 Å². The molecule has 4 aromatic rings. The Morgan fingerprint density at radius 2 is 1.67 bits per heavy atom. The highest BCUT2D eigenvalue weighted by Crippen LogP contribution is 2.29. The quantitative estimate of drug-likeness (QED) is 0.451. The third-order valence-electron chi connectivity index (χ3n) is 5.48. The summed E-state index contributed by atoms with van der Waals surface area (Å²) in [5.74, 6) is 0.0374. The highest BCUT2D eigenvalue weighted by atomic mass is 19.1. The van der Waals surface area contributed by atoms with E-state index in [4.69, 9.17) is 10.7 Å². The predicted octanol–water partition coefficient (Wildman–Crippen LogP) is 4.02. The van der Waals surface area contributed by atoms with Crippen LogP contribution in [-0.4, -0.2) is 26.6 Å². The average molecular weight is 444 g/mol. The summed E-state index contributed by atoms with van der Waals surface area (Å²) in [5.41, 5.74) is 9.10. The van der Waals surface area contributed by atoms with Gasteiger partial charge in [0, 0.05) is 37.1 Å². The number of anilines is 1. The largest absolute Gasteiger partial charge is 0.354 e. The number of rotatable bonds is 7. The maximum Gasteiger partial charge on any atom is 0.263 e. The number of halogens is 1. The second-order valence-electron chi connectivity index (χ2n) is 8.44. The van der Waals surface area contributed by atoms with Crippen LogP contribution in [0.1, 0.15) is 12.5 Å². The molecule has 0 aliphatic carbocycles. The third-order valence-corrected chi connectivity index (χ3v) is 5.48. The number of nitrogens with one attached hydrogen (secondary N) is 1. The highest BCUT2D eigenvalue weighted by Gasteiger charge is 2.22. The molecule has 0 fully saturated rings. The van der Waals surface area contributed by atoms with E-state index in [2.05, 4.69) is 10.3 Å². The topological polar surface area (TPSA) is 85.8 Å². The van der Waals surface area contributed by atoms with Gasteiger partial charge in [0.25, 0.3) is 5.56 Å². The first-order valence-electron chi connectivity index (χ1n) is 10.7. The van der Waals surface area contributed by atoms with Gasteiger partial charge < -0.3 is 11.1 Å². The van der Waals surface area contributed by atoms with Gasteiger partial charge in [0.1, 0.15) is 5.82 Å². The molecule has 0 aliphatic rings. The molecule has 0 radical (unpaired) electrons. The fourth-order valence-corrected chi connectivity index (χ4v) is 3.76. The number of nitrogens with zero attached hydrogens (tertiary/aromatic N) is 3. The molecule has 0 saturated heterocycles. The summed E-state index contributed by atoms with van der Waals surface area (Å²) in [5, 5.41) is 3.26. The third kappa shape index (κ3) is 5.15. The lowest BCUT2D eigenvalue weighted by Crippen LogP contribution is -2.46. The fraction of sp³-hybridized carbons (Fsp3) is 0.192. The number of benzene rings is 2. The van der Waals surface area contributed by atoms with Gasteiger partial charge >= 0.3 is 0 Å². The molecule has 2 aromatic heterocycles. The van der Waals surface area contributed by atoms with Gasteiger partial charge in [-0.15, -0.1) is 0 Å². The van der Waals surface area contributed by atoms with Crippen LogP contribution in [0.4, 0.5) is 10.3 Å². The molecular formula is C26H26FN5O. The average Bonchev–Trinajstić information content (AvgIpc) is 2.81. The second kappa shape index (κ2) is 9.34. The first-order chi connectivity index (χ1) is 15.8. The van der Waals surface area contributed by atoms with E-state index in [-0.39, 0.29) is 11.4 Å². The zero-order valence-corrected chi connectivity index (χ0v) is 18.6. The van der Waals surface area contributed by atoms with Gasteiger partial charge in [0.15, 0.2) is 0 Å². The maximum absolute atomic E-state index is 13.5. The molecule has 3 N–H and O–H groups in total. The Balaban J connectivity index is 1.72. The van der Waals surface area contributed by atoms with Crippen molar-refractivity contribution in [1.29, 1.82) is 0 Å². The summed E-state index contributed by atoms with van der Waals surface area (Å²) in [6.45, 7) is 2.37. The van der Waals surface area contributed by atoms with Gasteiger partial charge in [-0.25, -0.2) is 9.37 Å². The molecule has 0 saturated carbocycles. The van der Waals surface area contributed by atoms with E-state index in [9.17, 15) is 9.18 Å². The fourth-order valence-electron chi connectivity index (χ4n) is 3.76. The van der Waals surface area contributed by atoms with E-state index >= 15 is 0 Å². The Morgan fingerprint density at radius 1 is 1.00 bits per heavy atom. The molecule has 4 rings (SSSR count). The number of hydrogen-bond acceptors (Lipinski definition) is 5. The lowest BCUT2D eigenvalue weighted by molar-refractivity contribution is 0.489. The van der Waals surface area contributed by atoms with Crippen LogP contribution in [0.25, 0.3) is 22.4 Å². The van der Waals surface area contributed by atoms with Gasteiger partial charge in [-0.3, -0.25) is 14.3 Å². The number of hydrogen-bond donors (Lipinski definition) is 2. The first kappa shape index (κ1) is 22.4. The van der Waals surface area contributed by atoms with E-state index in [1.165, 1.54) is 16.7 Å². The summed E-state index contributed by atoms with van der Waals surface area (Å²) >= 11 is 0. The van der Waals surface area contributed by atoms with E-state index in [1.807, 2.05) is 37.3 Å². The van der Waals surface area contributed by atoms with Crippen molar-refractivity contribution >= 4 is 5.95 Å². The van der Waals surface area contributed by atoms with Crippen LogP contribution >= 0.6 is 0 Å². The lowest BCUT2D eigenvalue weighted by atomic mass is 9.94. The Morgan fingerprint density at radius 3 is 2.33 bits per heavy atom. The van der Waals surface area contributed by atoms with Gasteiger partial charge in [0.05, 0.1) is 11.3 Å². The van der Waals surface area contributed by atoms with E-state index < -0.39 is 5.54 Å². The Kier molecular flexibility index (Phi) is 6.33. The summed E-state index contributed by atoms with van der Waals surface area (Å²) in [6.07, 6.45) is 3.96. The summed E-state index contributed by atoms with van der Waals surface area (Å²) in [7, 11) is 1.66. The van der Waals surface area contributed by atoms with Crippen LogP contribution < -0.4 is 16.6 Å². The molecule has 0 spiro atoms. The van der Waals surface area contributed by atoms with Gasteiger partial charge in [-0.1, -0.05) is 42.5 Å². The van der Waals surface area contributed by atoms with Crippen LogP contribution in [0.15, 0.2) is 83.9 Å². The zero-order chi connectivity index (χ0) is 23.4. The molecule has 1 atom stereocenters. The first-order valence-corrected chi connectivity index (χ1v) is 10.7.